The molecule has 0 atom stereocenters. The second-order valence-corrected chi connectivity index (χ2v) is 6.20. The summed E-state index contributed by atoms with van der Waals surface area (Å²) in [5.41, 5.74) is 1.53. The van der Waals surface area contributed by atoms with Gasteiger partial charge in [0.05, 0.1) is 4.92 Å². The van der Waals surface area contributed by atoms with Crippen LogP contribution < -0.4 is 15.4 Å². The van der Waals surface area contributed by atoms with Gasteiger partial charge in [0.2, 0.25) is 0 Å². The minimum atomic E-state index is -0.490. The van der Waals surface area contributed by atoms with Gasteiger partial charge in [-0.25, -0.2) is 0 Å². The zero-order chi connectivity index (χ0) is 19.1. The molecule has 0 aliphatic heterocycles. The van der Waals surface area contributed by atoms with Gasteiger partial charge in [0.25, 0.3) is 11.6 Å². The van der Waals surface area contributed by atoms with Gasteiger partial charge in [-0.05, 0) is 41.9 Å². The second kappa shape index (κ2) is 8.91. The lowest BCUT2D eigenvalue weighted by Gasteiger charge is -2.14. The Balaban J connectivity index is 1.86. The van der Waals surface area contributed by atoms with Crippen molar-refractivity contribution in [3.8, 4) is 5.75 Å². The fourth-order valence-corrected chi connectivity index (χ4v) is 2.46. The van der Waals surface area contributed by atoms with E-state index in [1.807, 2.05) is 38.1 Å². The van der Waals surface area contributed by atoms with E-state index in [-0.39, 0.29) is 23.3 Å². The molecule has 0 unspecified atom stereocenters. The Morgan fingerprint density at radius 1 is 1.19 bits per heavy atom. The van der Waals surface area contributed by atoms with Gasteiger partial charge < -0.3 is 10.1 Å². The van der Waals surface area contributed by atoms with E-state index in [9.17, 15) is 14.9 Å². The summed E-state index contributed by atoms with van der Waals surface area (Å²) >= 11 is 5.06. The molecule has 2 N–H and O–H groups in total. The van der Waals surface area contributed by atoms with Crippen LogP contribution >= 0.6 is 12.2 Å². The van der Waals surface area contributed by atoms with Crippen LogP contribution in [0.1, 0.15) is 25.3 Å². The van der Waals surface area contributed by atoms with Gasteiger partial charge >= 0.3 is 0 Å². The quantitative estimate of drug-likeness (QED) is 0.456. The molecule has 0 saturated carbocycles. The Morgan fingerprint density at radius 2 is 1.85 bits per heavy atom. The van der Waals surface area contributed by atoms with Crippen LogP contribution in [-0.4, -0.2) is 22.5 Å². The summed E-state index contributed by atoms with van der Waals surface area (Å²) in [7, 11) is 0. The van der Waals surface area contributed by atoms with Crippen molar-refractivity contribution in [3.63, 3.8) is 0 Å². The molecule has 7 nitrogen and oxygen atoms in total. The number of hydrogen-bond acceptors (Lipinski definition) is 5. The number of ether oxygens (including phenoxy) is 1. The standard InChI is InChI=1S/C18H19N3O4S/c1-12(2)15-5-3-4-6-16(15)25-11-17(22)20-18(26)19-13-7-9-14(10-8-13)21(23)24/h3-10,12H,11H2,1-2H3,(H2,19,20,22,26). The van der Waals surface area contributed by atoms with Crippen LogP contribution in [0, 0.1) is 10.1 Å². The zero-order valence-electron chi connectivity index (χ0n) is 14.4. The number of nitro groups is 1. The first kappa shape index (κ1) is 19.3. The molecule has 0 aliphatic rings. The monoisotopic (exact) mass is 373 g/mol. The molecule has 8 heteroatoms. The highest BCUT2D eigenvalue weighted by molar-refractivity contribution is 7.80. The molecule has 26 heavy (non-hydrogen) atoms. The first-order chi connectivity index (χ1) is 12.4. The van der Waals surface area contributed by atoms with Crippen molar-refractivity contribution in [3.05, 3.63) is 64.2 Å². The molecule has 1 amide bonds. The first-order valence-corrected chi connectivity index (χ1v) is 8.34. The number of hydrogen-bond donors (Lipinski definition) is 2. The fourth-order valence-electron chi connectivity index (χ4n) is 2.22. The van der Waals surface area contributed by atoms with Gasteiger partial charge in [0, 0.05) is 17.8 Å². The molecule has 0 fully saturated rings. The van der Waals surface area contributed by atoms with Crippen LogP contribution in [-0.2, 0) is 4.79 Å². The topological polar surface area (TPSA) is 93.5 Å². The summed E-state index contributed by atoms with van der Waals surface area (Å²) in [6.45, 7) is 3.92. The summed E-state index contributed by atoms with van der Waals surface area (Å²) in [6.07, 6.45) is 0. The summed E-state index contributed by atoms with van der Waals surface area (Å²) in [4.78, 5) is 22.1. The number of benzene rings is 2. The molecule has 2 aromatic rings. The Bertz CT molecular complexity index is 806. The number of nitrogens with zero attached hydrogens (tertiary/aromatic N) is 1. The van der Waals surface area contributed by atoms with Gasteiger partial charge in [0.1, 0.15) is 5.75 Å². The number of thiocarbonyl (C=S) groups is 1. The largest absolute Gasteiger partial charge is 0.483 e. The average molecular weight is 373 g/mol. The Hall–Kier alpha value is -3.00. The summed E-state index contributed by atoms with van der Waals surface area (Å²) in [6, 6.07) is 13.2. The number of anilines is 1. The number of carbonyl (C=O) groups is 1. The Morgan fingerprint density at radius 3 is 2.46 bits per heavy atom. The molecule has 136 valence electrons. The van der Waals surface area contributed by atoms with Crippen LogP contribution in [0.5, 0.6) is 5.75 Å². The molecular weight excluding hydrogens is 354 g/mol. The average Bonchev–Trinajstić information content (AvgIpc) is 2.60. The van der Waals surface area contributed by atoms with Gasteiger partial charge in [0.15, 0.2) is 11.7 Å². The minimum absolute atomic E-state index is 0.0253. The normalized spacial score (nSPS) is 10.3. The minimum Gasteiger partial charge on any atom is -0.483 e. The van der Waals surface area contributed by atoms with Crippen LogP contribution in [0.4, 0.5) is 11.4 Å². The molecule has 0 aromatic heterocycles. The zero-order valence-corrected chi connectivity index (χ0v) is 15.2. The van der Waals surface area contributed by atoms with E-state index in [1.165, 1.54) is 24.3 Å². The number of rotatable bonds is 6. The van der Waals surface area contributed by atoms with E-state index in [0.29, 0.717) is 11.4 Å². The third kappa shape index (κ3) is 5.52. The first-order valence-electron chi connectivity index (χ1n) is 7.94. The van der Waals surface area contributed by atoms with E-state index < -0.39 is 10.8 Å². The number of nitrogens with one attached hydrogen (secondary N) is 2. The predicted molar refractivity (Wildman–Crippen MR) is 103 cm³/mol. The maximum atomic E-state index is 12.0. The van der Waals surface area contributed by atoms with Crippen molar-refractivity contribution in [2.75, 3.05) is 11.9 Å². The van der Waals surface area contributed by atoms with Crippen molar-refractivity contribution >= 4 is 34.6 Å². The summed E-state index contributed by atoms with van der Waals surface area (Å²) in [5, 5.41) is 16.0. The molecule has 2 aromatic carbocycles. The van der Waals surface area contributed by atoms with Crippen molar-refractivity contribution in [2.24, 2.45) is 0 Å². The Labute approximate surface area is 156 Å². The molecule has 2 rings (SSSR count). The summed E-state index contributed by atoms with van der Waals surface area (Å²) in [5.74, 6) is 0.536. The highest BCUT2D eigenvalue weighted by atomic mass is 32.1. The number of para-hydroxylation sites is 1. The SMILES string of the molecule is CC(C)c1ccccc1OCC(=O)NC(=S)Nc1ccc([N+](=O)[O-])cc1. The second-order valence-electron chi connectivity index (χ2n) is 5.79. The Kier molecular flexibility index (Phi) is 6.62. The van der Waals surface area contributed by atoms with Crippen LogP contribution in [0.25, 0.3) is 0 Å². The third-order valence-electron chi connectivity index (χ3n) is 3.49. The van der Waals surface area contributed by atoms with Crippen LogP contribution in [0.2, 0.25) is 0 Å². The van der Waals surface area contributed by atoms with E-state index >= 15 is 0 Å². The van der Waals surface area contributed by atoms with Crippen molar-refractivity contribution in [1.29, 1.82) is 0 Å². The van der Waals surface area contributed by atoms with Crippen LogP contribution in [0.15, 0.2) is 48.5 Å². The lowest BCUT2D eigenvalue weighted by Crippen LogP contribution is -2.37. The van der Waals surface area contributed by atoms with Crippen molar-refractivity contribution in [1.82, 2.24) is 5.32 Å². The van der Waals surface area contributed by atoms with Crippen molar-refractivity contribution < 1.29 is 14.5 Å². The lowest BCUT2D eigenvalue weighted by molar-refractivity contribution is -0.384. The lowest BCUT2D eigenvalue weighted by atomic mass is 10.0. The third-order valence-corrected chi connectivity index (χ3v) is 3.69. The molecule has 0 bridgehead atoms. The van der Waals surface area contributed by atoms with Gasteiger partial charge in [-0.2, -0.15) is 0 Å². The number of nitro benzene ring substituents is 1. The van der Waals surface area contributed by atoms with E-state index in [1.54, 1.807) is 0 Å². The molecule has 0 heterocycles. The van der Waals surface area contributed by atoms with Crippen molar-refractivity contribution in [2.45, 2.75) is 19.8 Å². The number of carbonyl (C=O) groups excluding carboxylic acids is 1. The molecule has 0 aliphatic carbocycles. The smallest absolute Gasteiger partial charge is 0.269 e. The number of amides is 1. The van der Waals surface area contributed by atoms with E-state index in [0.717, 1.165) is 5.56 Å². The summed E-state index contributed by atoms with van der Waals surface area (Å²) < 4.78 is 5.58. The number of non-ortho nitro benzene ring substituents is 1. The maximum Gasteiger partial charge on any atom is 0.269 e. The van der Waals surface area contributed by atoms with Crippen LogP contribution in [0.3, 0.4) is 0 Å². The van der Waals surface area contributed by atoms with Gasteiger partial charge in [-0.3, -0.25) is 20.2 Å². The molecule has 0 spiro atoms. The van der Waals surface area contributed by atoms with E-state index in [4.69, 9.17) is 17.0 Å². The molecule has 0 radical (unpaired) electrons. The predicted octanol–water partition coefficient (Wildman–Crippen LogP) is 3.61. The fraction of sp³-hybridized carbons (Fsp3) is 0.222. The van der Waals surface area contributed by atoms with E-state index in [2.05, 4.69) is 10.6 Å². The van der Waals surface area contributed by atoms with Gasteiger partial charge in [-0.15, -0.1) is 0 Å². The molecule has 0 saturated heterocycles. The molecular formula is C18H19N3O4S. The van der Waals surface area contributed by atoms with Gasteiger partial charge in [-0.1, -0.05) is 32.0 Å². The maximum absolute atomic E-state index is 12.0. The highest BCUT2D eigenvalue weighted by Gasteiger charge is 2.11. The highest BCUT2D eigenvalue weighted by Crippen LogP contribution is 2.25.